The maximum atomic E-state index is 7.25. The van der Waals surface area contributed by atoms with Crippen LogP contribution in [0.2, 0.25) is 0 Å². The molecule has 0 aliphatic carbocycles. The zero-order chi connectivity index (χ0) is 28.3. The molecule has 4 aromatic carbocycles. The van der Waals surface area contributed by atoms with Gasteiger partial charge in [0.15, 0.2) is 0 Å². The van der Waals surface area contributed by atoms with Crippen molar-refractivity contribution in [3.05, 3.63) is 77.2 Å². The molecule has 0 bridgehead atoms. The van der Waals surface area contributed by atoms with Crippen molar-refractivity contribution in [3.63, 3.8) is 0 Å². The van der Waals surface area contributed by atoms with Gasteiger partial charge in [0.25, 0.3) is 0 Å². The van der Waals surface area contributed by atoms with Gasteiger partial charge in [0.2, 0.25) is 0 Å². The molecule has 0 aromatic heterocycles. The fourth-order valence-electron chi connectivity index (χ4n) is 7.68. The minimum absolute atomic E-state index is 0.0712. The predicted octanol–water partition coefficient (Wildman–Crippen LogP) is 9.11. The maximum absolute atomic E-state index is 7.25. The van der Waals surface area contributed by atoms with Crippen molar-refractivity contribution < 1.29 is 4.74 Å². The molecule has 1 nitrogen and oxygen atoms in total. The van der Waals surface area contributed by atoms with Crippen molar-refractivity contribution in [3.8, 4) is 11.5 Å². The molecule has 0 radical (unpaired) electrons. The molecule has 1 heteroatoms. The fraction of sp³-hybridized carbons (Fsp3) is 0.405. The largest absolute Gasteiger partial charge is 0.455 e. The van der Waals surface area contributed by atoms with Gasteiger partial charge >= 0.3 is 0 Å². The van der Waals surface area contributed by atoms with Gasteiger partial charge in [-0.3, -0.25) is 0 Å². The third-order valence-electron chi connectivity index (χ3n) is 10.0. The third-order valence-corrected chi connectivity index (χ3v) is 10.0. The second-order valence-corrected chi connectivity index (χ2v) is 13.0. The van der Waals surface area contributed by atoms with Gasteiger partial charge in [-0.2, -0.15) is 0 Å². The quantitative estimate of drug-likeness (QED) is 0.232. The minimum Gasteiger partial charge on any atom is -0.455 e. The Bertz CT molecular complexity index is 1870. The summed E-state index contributed by atoms with van der Waals surface area (Å²) in [5, 5.41) is 7.60. The van der Waals surface area contributed by atoms with Crippen molar-refractivity contribution in [2.24, 2.45) is 0 Å². The summed E-state index contributed by atoms with van der Waals surface area (Å²) in [6, 6.07) is 0. The molecular formula is C37H44O. The summed E-state index contributed by atoms with van der Waals surface area (Å²) in [6.07, 6.45) is 0. The van der Waals surface area contributed by atoms with E-state index in [0.717, 1.165) is 16.7 Å². The van der Waals surface area contributed by atoms with E-state index < -0.39 is 0 Å². The second-order valence-electron chi connectivity index (χ2n) is 13.0. The lowest BCUT2D eigenvalue weighted by atomic mass is 9.75. The van der Waals surface area contributed by atoms with E-state index in [2.05, 4.69) is 104 Å². The van der Waals surface area contributed by atoms with Crippen LogP contribution in [0.1, 0.15) is 94.5 Å². The van der Waals surface area contributed by atoms with Crippen LogP contribution in [-0.2, 0) is 5.41 Å². The average molecular weight is 505 g/mol. The van der Waals surface area contributed by atoms with Gasteiger partial charge in [-0.25, -0.2) is 0 Å². The molecule has 5 rings (SSSR count). The highest BCUT2D eigenvalue weighted by Crippen LogP contribution is 2.50. The summed E-state index contributed by atoms with van der Waals surface area (Å²) in [5.41, 5.74) is 17.4. The highest BCUT2D eigenvalue weighted by molar-refractivity contribution is 6.06. The van der Waals surface area contributed by atoms with Crippen molar-refractivity contribution >= 4 is 33.7 Å². The number of hydrogen-bond acceptors (Lipinski definition) is 1. The van der Waals surface area contributed by atoms with Crippen molar-refractivity contribution in [1.82, 2.24) is 0 Å². The Hall–Kier alpha value is -3.06. The van der Waals surface area contributed by atoms with E-state index in [4.69, 9.17) is 4.74 Å². The number of ether oxygens (including phenoxy) is 1. The summed E-state index contributed by atoms with van der Waals surface area (Å²) in [7, 11) is 0. The summed E-state index contributed by atoms with van der Waals surface area (Å²) < 4.78 is 7.25. The van der Waals surface area contributed by atoms with Crippen LogP contribution >= 0.6 is 0 Å². The lowest BCUT2D eigenvalue weighted by molar-refractivity contribution is 0.481. The lowest BCUT2D eigenvalue weighted by Gasteiger charge is -2.32. The predicted molar refractivity (Wildman–Crippen MR) is 167 cm³/mol. The molecule has 0 atom stereocenters. The van der Waals surface area contributed by atoms with Crippen molar-refractivity contribution in [2.75, 3.05) is 0 Å². The number of hydrogen-bond donors (Lipinski definition) is 0. The topological polar surface area (TPSA) is 9.23 Å². The molecule has 1 aliphatic rings. The molecule has 0 fully saturated rings. The average Bonchev–Trinajstić information content (AvgIpc) is 2.83. The molecule has 4 aromatic rings. The summed E-state index contributed by atoms with van der Waals surface area (Å²) >= 11 is 0. The van der Waals surface area contributed by atoms with E-state index in [0.29, 0.717) is 0 Å². The zero-order valence-electron chi connectivity index (χ0n) is 26.1. The number of benzene rings is 4. The molecule has 0 unspecified atom stereocenters. The smallest absolute Gasteiger partial charge is 0.143 e. The molecule has 0 N–H and O–H groups in total. The Labute approximate surface area is 229 Å². The van der Waals surface area contributed by atoms with E-state index in [1.165, 1.54) is 99.1 Å². The highest BCUT2D eigenvalue weighted by atomic mass is 16.5. The molecular weight excluding hydrogens is 460 g/mol. The Balaban J connectivity index is 2.10. The maximum Gasteiger partial charge on any atom is 0.143 e. The first-order valence-corrected chi connectivity index (χ1v) is 14.0. The number of rotatable bonds is 0. The molecule has 0 amide bonds. The van der Waals surface area contributed by atoms with Crippen LogP contribution < -0.4 is 15.2 Å². The number of aryl methyl sites for hydroxylation is 6. The highest BCUT2D eigenvalue weighted by Gasteiger charge is 2.31. The molecule has 1 heterocycles. The number of fused-ring (bicyclic) bond motifs is 6. The first-order chi connectivity index (χ1) is 17.5. The Kier molecular flexibility index (Phi) is 5.74. The summed E-state index contributed by atoms with van der Waals surface area (Å²) in [6.45, 7) is 36.4. The zero-order valence-corrected chi connectivity index (χ0v) is 26.1. The Morgan fingerprint density at radius 3 is 1.53 bits per heavy atom. The van der Waals surface area contributed by atoms with E-state index in [-0.39, 0.29) is 5.41 Å². The normalized spacial score (nSPS) is 13.3. The van der Waals surface area contributed by atoms with Gasteiger partial charge in [-0.15, -0.1) is 0 Å². The van der Waals surface area contributed by atoms with Gasteiger partial charge in [-0.05, 0) is 164 Å². The van der Waals surface area contributed by atoms with Gasteiger partial charge in [0.1, 0.15) is 11.5 Å². The van der Waals surface area contributed by atoms with Crippen LogP contribution in [0.5, 0.6) is 11.5 Å². The third kappa shape index (κ3) is 3.17. The molecule has 0 spiro atoms. The first-order valence-electron chi connectivity index (χ1n) is 14.0. The summed E-state index contributed by atoms with van der Waals surface area (Å²) in [4.78, 5) is 0. The van der Waals surface area contributed by atoms with E-state index in [1.54, 1.807) is 0 Å². The van der Waals surface area contributed by atoms with Crippen LogP contribution in [0.3, 0.4) is 0 Å². The minimum atomic E-state index is 0.0712. The Morgan fingerprint density at radius 2 is 0.947 bits per heavy atom. The molecule has 198 valence electrons. The van der Waals surface area contributed by atoms with Crippen LogP contribution in [0.25, 0.3) is 33.7 Å². The standard InChI is InChI=1S/C37H44O/c1-16-17(2)19(4)32-28(18(16)3)20(5)22(7)30-26(11)31-23(8)21(6)29-27(12)34(37(13,14)15)25(10)24(9)33(29)36(31)38-35(30)32/h1H2,2-15H3. The Morgan fingerprint density at radius 1 is 0.474 bits per heavy atom. The van der Waals surface area contributed by atoms with Crippen LogP contribution in [0.15, 0.2) is 0 Å². The molecule has 38 heavy (non-hydrogen) atoms. The SMILES string of the molecule is C=c1c(C)c(C)c2c3c(c(C)c(C)c2c1C)=C(C)c1c(C)c(C)c2c(C)c(C(C)(C)C)c(C)c(C)c2c1O3. The van der Waals surface area contributed by atoms with E-state index in [1.807, 2.05) is 0 Å². The van der Waals surface area contributed by atoms with Crippen LogP contribution in [0, 0.1) is 69.2 Å². The van der Waals surface area contributed by atoms with Gasteiger partial charge in [-0.1, -0.05) is 27.4 Å². The van der Waals surface area contributed by atoms with E-state index >= 15 is 0 Å². The lowest BCUT2D eigenvalue weighted by Crippen LogP contribution is -2.23. The fourth-order valence-corrected chi connectivity index (χ4v) is 7.68. The van der Waals surface area contributed by atoms with Crippen molar-refractivity contribution in [1.29, 1.82) is 0 Å². The second kappa shape index (κ2) is 8.22. The van der Waals surface area contributed by atoms with Gasteiger partial charge in [0, 0.05) is 21.6 Å². The van der Waals surface area contributed by atoms with Crippen LogP contribution in [0.4, 0.5) is 0 Å². The monoisotopic (exact) mass is 504 g/mol. The van der Waals surface area contributed by atoms with Gasteiger partial charge in [0.05, 0.1) is 0 Å². The van der Waals surface area contributed by atoms with Crippen molar-refractivity contribution in [2.45, 2.75) is 102 Å². The van der Waals surface area contributed by atoms with Crippen LogP contribution in [-0.4, -0.2) is 0 Å². The molecule has 0 saturated carbocycles. The van der Waals surface area contributed by atoms with Gasteiger partial charge < -0.3 is 4.74 Å². The first kappa shape index (κ1) is 26.5. The summed E-state index contributed by atoms with van der Waals surface area (Å²) in [5.74, 6) is 2.06. The molecule has 1 aliphatic heterocycles. The molecule has 0 saturated heterocycles. The van der Waals surface area contributed by atoms with E-state index in [9.17, 15) is 0 Å².